The van der Waals surface area contributed by atoms with Crippen LogP contribution in [0.3, 0.4) is 0 Å². The molecular formula is C83H162O17P2. The molecule has 0 aliphatic heterocycles. The predicted molar refractivity (Wildman–Crippen MR) is 418 cm³/mol. The van der Waals surface area contributed by atoms with Crippen molar-refractivity contribution in [2.75, 3.05) is 39.6 Å². The maximum absolute atomic E-state index is 13.1. The second kappa shape index (κ2) is 74.5. The molecule has 0 heterocycles. The van der Waals surface area contributed by atoms with E-state index in [0.717, 1.165) is 102 Å². The number of esters is 4. The molecule has 6 atom stereocenters. The zero-order chi connectivity index (χ0) is 74.9. The molecule has 0 radical (unpaired) electrons. The molecule has 0 aromatic carbocycles. The Morgan fingerprint density at radius 2 is 0.500 bits per heavy atom. The number of rotatable bonds is 82. The van der Waals surface area contributed by atoms with E-state index in [1.807, 2.05) is 0 Å². The summed E-state index contributed by atoms with van der Waals surface area (Å²) < 4.78 is 68.8. The van der Waals surface area contributed by atoms with Crippen molar-refractivity contribution in [2.24, 2.45) is 11.8 Å². The van der Waals surface area contributed by atoms with Gasteiger partial charge in [-0.2, -0.15) is 0 Å². The number of hydrogen-bond acceptors (Lipinski definition) is 15. The summed E-state index contributed by atoms with van der Waals surface area (Å²) in [5, 5.41) is 10.7. The third-order valence-electron chi connectivity index (χ3n) is 19.8. The summed E-state index contributed by atoms with van der Waals surface area (Å²) in [5.41, 5.74) is 0. The lowest BCUT2D eigenvalue weighted by molar-refractivity contribution is -0.161. The standard InChI is InChI=1S/C83H162O17P2/c1-7-10-12-14-16-18-20-21-22-28-31-36-42-48-54-60-66-81(86)94-72-79(99-82(87)67-61-55-49-43-37-32-29-26-24-23-25-27-30-35-40-46-52-58-64-76(6)9-3)74-98-102(91,92)96-70-77(84)69-95-101(89,90)97-73-78(71-93-80(85)65-59-53-47-41-19-17-15-13-11-8-2)100-83(88)68-62-56-50-44-38-33-34-39-45-51-57-63-75(4)5/h75-79,84H,7-74H2,1-6H3,(H,89,90)(H,91,92)/t76?,77-,78+,79+/m0/s1. The molecule has 3 unspecified atom stereocenters. The van der Waals surface area contributed by atoms with Gasteiger partial charge >= 0.3 is 39.5 Å². The highest BCUT2D eigenvalue weighted by Gasteiger charge is 2.30. The van der Waals surface area contributed by atoms with Crippen LogP contribution in [0.25, 0.3) is 0 Å². The summed E-state index contributed by atoms with van der Waals surface area (Å²) in [4.78, 5) is 73.1. The van der Waals surface area contributed by atoms with Gasteiger partial charge in [0.1, 0.15) is 19.3 Å². The normalized spacial score (nSPS) is 14.1. The molecular weight excluding hydrogens is 1330 g/mol. The fourth-order valence-electron chi connectivity index (χ4n) is 12.9. The molecule has 0 aliphatic rings. The average Bonchev–Trinajstić information content (AvgIpc) is 0.910. The van der Waals surface area contributed by atoms with Crippen LogP contribution in [0.1, 0.15) is 440 Å². The highest BCUT2D eigenvalue weighted by atomic mass is 31.2. The Morgan fingerprint density at radius 3 is 0.745 bits per heavy atom. The van der Waals surface area contributed by atoms with Crippen molar-refractivity contribution in [1.29, 1.82) is 0 Å². The number of aliphatic hydroxyl groups is 1. The first-order valence-electron chi connectivity index (χ1n) is 43.0. The van der Waals surface area contributed by atoms with Crippen molar-refractivity contribution < 1.29 is 80.2 Å². The Balaban J connectivity index is 5.21. The van der Waals surface area contributed by atoms with E-state index in [4.69, 9.17) is 37.0 Å². The minimum Gasteiger partial charge on any atom is -0.462 e. The molecule has 0 bridgehead atoms. The number of phosphoric acid groups is 2. The monoisotopic (exact) mass is 1490 g/mol. The molecule has 0 fully saturated rings. The van der Waals surface area contributed by atoms with Gasteiger partial charge < -0.3 is 33.8 Å². The lowest BCUT2D eigenvalue weighted by atomic mass is 9.99. The van der Waals surface area contributed by atoms with Gasteiger partial charge in [-0.05, 0) is 37.5 Å². The van der Waals surface area contributed by atoms with Gasteiger partial charge in [0.05, 0.1) is 26.4 Å². The van der Waals surface area contributed by atoms with Crippen LogP contribution in [-0.4, -0.2) is 96.7 Å². The zero-order valence-corrected chi connectivity index (χ0v) is 68.7. The van der Waals surface area contributed by atoms with E-state index in [2.05, 4.69) is 41.5 Å². The molecule has 0 aromatic rings. The van der Waals surface area contributed by atoms with Crippen LogP contribution >= 0.6 is 15.6 Å². The molecule has 0 spiro atoms. The summed E-state index contributed by atoms with van der Waals surface area (Å²) >= 11 is 0. The van der Waals surface area contributed by atoms with Gasteiger partial charge in [-0.25, -0.2) is 9.13 Å². The largest absolute Gasteiger partial charge is 0.472 e. The van der Waals surface area contributed by atoms with Gasteiger partial charge in [0.2, 0.25) is 0 Å². The van der Waals surface area contributed by atoms with Crippen LogP contribution in [-0.2, 0) is 65.4 Å². The first-order chi connectivity index (χ1) is 49.4. The molecule has 3 N–H and O–H groups in total. The van der Waals surface area contributed by atoms with E-state index in [9.17, 15) is 43.2 Å². The summed E-state index contributed by atoms with van der Waals surface area (Å²) in [6.07, 6.45) is 65.2. The Hall–Kier alpha value is -1.94. The quantitative estimate of drug-likeness (QED) is 0.0222. The Kier molecular flexibility index (Phi) is 73.1. The van der Waals surface area contributed by atoms with Crippen LogP contribution in [0.2, 0.25) is 0 Å². The van der Waals surface area contributed by atoms with Gasteiger partial charge in [0.15, 0.2) is 12.2 Å². The lowest BCUT2D eigenvalue weighted by Gasteiger charge is -2.21. The van der Waals surface area contributed by atoms with Crippen molar-refractivity contribution in [3.63, 3.8) is 0 Å². The van der Waals surface area contributed by atoms with Crippen LogP contribution in [0, 0.1) is 11.8 Å². The van der Waals surface area contributed by atoms with Gasteiger partial charge in [-0.15, -0.1) is 0 Å². The van der Waals surface area contributed by atoms with Crippen molar-refractivity contribution >= 4 is 39.5 Å². The van der Waals surface area contributed by atoms with Gasteiger partial charge in [0.25, 0.3) is 0 Å². The van der Waals surface area contributed by atoms with Gasteiger partial charge in [-0.1, -0.05) is 388 Å². The van der Waals surface area contributed by atoms with Crippen molar-refractivity contribution in [3.05, 3.63) is 0 Å². The number of carbonyl (C=O) groups is 4. The lowest BCUT2D eigenvalue weighted by Crippen LogP contribution is -2.30. The number of hydrogen-bond donors (Lipinski definition) is 3. The molecule has 102 heavy (non-hydrogen) atoms. The maximum atomic E-state index is 13.1. The van der Waals surface area contributed by atoms with Crippen molar-refractivity contribution in [3.8, 4) is 0 Å². The number of ether oxygens (including phenoxy) is 4. The molecule has 0 amide bonds. The number of carbonyl (C=O) groups excluding carboxylic acids is 4. The molecule has 606 valence electrons. The highest BCUT2D eigenvalue weighted by Crippen LogP contribution is 2.45. The van der Waals surface area contributed by atoms with Crippen LogP contribution in [0.5, 0.6) is 0 Å². The van der Waals surface area contributed by atoms with Crippen LogP contribution in [0.15, 0.2) is 0 Å². The Bertz CT molecular complexity index is 1960. The molecule has 0 aromatic heterocycles. The Labute approximate surface area is 626 Å². The van der Waals surface area contributed by atoms with E-state index in [1.165, 1.54) is 257 Å². The van der Waals surface area contributed by atoms with Gasteiger partial charge in [-0.3, -0.25) is 37.3 Å². The third-order valence-corrected chi connectivity index (χ3v) is 21.7. The molecule has 0 saturated heterocycles. The summed E-state index contributed by atoms with van der Waals surface area (Å²) in [6, 6.07) is 0. The first kappa shape index (κ1) is 100. The number of phosphoric ester groups is 2. The van der Waals surface area contributed by atoms with E-state index in [-0.39, 0.29) is 25.7 Å². The van der Waals surface area contributed by atoms with Crippen LogP contribution < -0.4 is 0 Å². The SMILES string of the molecule is CCCCCCCCCCCCCCCCCCC(=O)OC[C@H](COP(=O)(O)OC[C@@H](O)COP(=O)(O)OC[C@@H](COC(=O)CCCCCCCCCCCC)OC(=O)CCCCCCCCCCCCCC(C)C)OC(=O)CCCCCCCCCCCCCCCCCCCCC(C)CC. The smallest absolute Gasteiger partial charge is 0.462 e. The first-order valence-corrected chi connectivity index (χ1v) is 46.0. The summed E-state index contributed by atoms with van der Waals surface area (Å²) in [7, 11) is -9.92. The second-order valence-corrected chi connectivity index (χ2v) is 33.5. The number of unbranched alkanes of at least 4 members (excludes halogenated alkanes) is 51. The van der Waals surface area contributed by atoms with E-state index in [1.54, 1.807) is 0 Å². The van der Waals surface area contributed by atoms with Crippen molar-refractivity contribution in [1.82, 2.24) is 0 Å². The summed E-state index contributed by atoms with van der Waals surface area (Å²) in [6.45, 7) is 9.71. The molecule has 19 heteroatoms. The van der Waals surface area contributed by atoms with Crippen LogP contribution in [0.4, 0.5) is 0 Å². The molecule has 0 rings (SSSR count). The third kappa shape index (κ3) is 74.9. The second-order valence-electron chi connectivity index (χ2n) is 30.6. The zero-order valence-electron chi connectivity index (χ0n) is 66.9. The van der Waals surface area contributed by atoms with Gasteiger partial charge in [0, 0.05) is 25.7 Å². The molecule has 0 saturated carbocycles. The van der Waals surface area contributed by atoms with Crippen molar-refractivity contribution in [2.45, 2.75) is 458 Å². The molecule has 0 aliphatic carbocycles. The fourth-order valence-corrected chi connectivity index (χ4v) is 14.4. The highest BCUT2D eigenvalue weighted by molar-refractivity contribution is 7.47. The predicted octanol–water partition coefficient (Wildman–Crippen LogP) is 25.1. The van der Waals surface area contributed by atoms with E-state index in [0.29, 0.717) is 25.7 Å². The average molecular weight is 1490 g/mol. The minimum atomic E-state index is -4.96. The van der Waals surface area contributed by atoms with E-state index >= 15 is 0 Å². The maximum Gasteiger partial charge on any atom is 0.472 e. The Morgan fingerprint density at radius 1 is 0.284 bits per heavy atom. The number of aliphatic hydroxyl groups excluding tert-OH is 1. The minimum absolute atomic E-state index is 0.107. The topological polar surface area (TPSA) is 237 Å². The molecule has 17 nitrogen and oxygen atoms in total. The fraction of sp³-hybridized carbons (Fsp3) is 0.952. The summed E-state index contributed by atoms with van der Waals surface area (Å²) in [5.74, 6) is -0.469. The van der Waals surface area contributed by atoms with E-state index < -0.39 is 97.5 Å².